The van der Waals surface area contributed by atoms with E-state index in [0.717, 1.165) is 11.0 Å². The molecule has 0 spiro atoms. The molecule has 1 rings (SSSR count). The molecular weight excluding hydrogens is 304 g/mol. The highest BCUT2D eigenvalue weighted by Gasteiger charge is 2.42. The van der Waals surface area contributed by atoms with Gasteiger partial charge >= 0.3 is 8.56 Å². The average molecular weight is 333 g/mol. The summed E-state index contributed by atoms with van der Waals surface area (Å²) in [5.41, 5.74) is 0. The largest absolute Gasteiger partial charge is 0.483 e. The molecule has 1 heterocycles. The minimum absolute atomic E-state index is 0.679. The molecule has 0 unspecified atom stereocenters. The summed E-state index contributed by atoms with van der Waals surface area (Å²) in [4.78, 5) is 0. The van der Waals surface area contributed by atoms with Gasteiger partial charge in [-0.3, -0.25) is 0 Å². The van der Waals surface area contributed by atoms with Gasteiger partial charge in [0.15, 0.2) is 22.4 Å². The van der Waals surface area contributed by atoms with Gasteiger partial charge in [0.1, 0.15) is 12.9 Å². The topological polar surface area (TPSA) is 40.2 Å². The van der Waals surface area contributed by atoms with Crippen LogP contribution in [0.15, 0.2) is 23.5 Å². The van der Waals surface area contributed by atoms with Gasteiger partial charge in [-0.05, 0) is 52.8 Å². The molecule has 0 atom stereocenters. The number of epoxide rings is 1. The fourth-order valence-electron chi connectivity index (χ4n) is 1.78. The molecule has 0 saturated carbocycles. The maximum Gasteiger partial charge on any atom is 0.347 e. The molecule has 0 N–H and O–H groups in total. The maximum absolute atomic E-state index is 6.43. The third kappa shape index (κ3) is 6.89. The minimum atomic E-state index is -2.39. The fraction of sp³-hybridized carbons (Fsp3) is 0.692. The van der Waals surface area contributed by atoms with E-state index in [9.17, 15) is 0 Å². The van der Waals surface area contributed by atoms with Crippen LogP contribution in [0.2, 0.25) is 45.8 Å². The molecule has 0 aliphatic carbocycles. The molecule has 0 aromatic rings. The summed E-state index contributed by atoms with van der Waals surface area (Å²) in [5.74, 6) is 0.884. The molecule has 1 aliphatic rings. The number of rotatable bonds is 7. The Kier molecular flexibility index (Phi) is 5.47. The van der Waals surface area contributed by atoms with Crippen LogP contribution in [0.5, 0.6) is 0 Å². The molecule has 7 heteroatoms. The van der Waals surface area contributed by atoms with E-state index >= 15 is 0 Å². The van der Waals surface area contributed by atoms with Crippen LogP contribution in [-0.4, -0.2) is 31.8 Å². The second kappa shape index (κ2) is 6.18. The number of allylic oxidation sites excluding steroid dienone is 1. The highest BCUT2D eigenvalue weighted by atomic mass is 28.5. The third-order valence-corrected chi connectivity index (χ3v) is 12.0. The molecule has 116 valence electrons. The predicted octanol–water partition coefficient (Wildman–Crippen LogP) is 4.09. The second-order valence-electron chi connectivity index (χ2n) is 7.18. The Morgan fingerprint density at radius 1 is 1.00 bits per heavy atom. The number of hydrogen-bond donors (Lipinski definition) is 0. The predicted molar refractivity (Wildman–Crippen MR) is 89.4 cm³/mol. The first-order valence-electron chi connectivity index (χ1n) is 6.96. The van der Waals surface area contributed by atoms with Crippen LogP contribution in [0, 0.1) is 0 Å². The molecule has 1 fully saturated rings. The van der Waals surface area contributed by atoms with Crippen molar-refractivity contribution in [1.82, 2.24) is 0 Å². The summed E-state index contributed by atoms with van der Waals surface area (Å²) in [6.07, 6.45) is 3.39. The molecule has 0 aromatic heterocycles. The zero-order valence-corrected chi connectivity index (χ0v) is 17.0. The van der Waals surface area contributed by atoms with Crippen molar-refractivity contribution >= 4 is 25.2 Å². The van der Waals surface area contributed by atoms with Gasteiger partial charge in [-0.1, -0.05) is 0 Å². The second-order valence-corrected chi connectivity index (χ2v) is 19.9. The monoisotopic (exact) mass is 332 g/mol. The molecule has 0 bridgehead atoms. The highest BCUT2D eigenvalue weighted by Crippen LogP contribution is 2.27. The van der Waals surface area contributed by atoms with E-state index in [-0.39, 0.29) is 0 Å². The van der Waals surface area contributed by atoms with Gasteiger partial charge < -0.3 is 17.7 Å². The summed E-state index contributed by atoms with van der Waals surface area (Å²) in [7, 11) is -5.75. The standard InChI is InChI=1S/C13H28O4Si3/c1-12(9-14-10-13-11-15-13)20(8,16-18(2,3)4)17-19(5,6)7/h9-10H,11H2,1-8H3. The summed E-state index contributed by atoms with van der Waals surface area (Å²) in [6, 6.07) is 0. The summed E-state index contributed by atoms with van der Waals surface area (Å²) >= 11 is 0. The summed E-state index contributed by atoms with van der Waals surface area (Å²) in [5, 5.41) is 1.07. The van der Waals surface area contributed by atoms with Crippen LogP contribution in [0.4, 0.5) is 0 Å². The van der Waals surface area contributed by atoms with E-state index in [1.807, 2.05) is 6.92 Å². The first kappa shape index (κ1) is 17.7. The van der Waals surface area contributed by atoms with Gasteiger partial charge in [0.05, 0.1) is 6.26 Å². The smallest absolute Gasteiger partial charge is 0.347 e. The fourth-order valence-corrected chi connectivity index (χ4v) is 13.2. The Bertz CT molecular complexity index is 383. The normalized spacial score (nSPS) is 19.0. The Hall–Kier alpha value is -0.349. The highest BCUT2D eigenvalue weighted by molar-refractivity contribution is 6.90. The quantitative estimate of drug-likeness (QED) is 0.400. The van der Waals surface area contributed by atoms with Crippen molar-refractivity contribution in [2.75, 3.05) is 6.61 Å². The van der Waals surface area contributed by atoms with Gasteiger partial charge in [0.2, 0.25) is 0 Å². The van der Waals surface area contributed by atoms with Crippen molar-refractivity contribution in [2.45, 2.75) is 52.8 Å². The first-order valence-corrected chi connectivity index (χ1v) is 16.1. The molecule has 0 aromatic carbocycles. The van der Waals surface area contributed by atoms with Gasteiger partial charge in [-0.25, -0.2) is 0 Å². The van der Waals surface area contributed by atoms with Crippen LogP contribution >= 0.6 is 0 Å². The van der Waals surface area contributed by atoms with Gasteiger partial charge in [-0.2, -0.15) is 0 Å². The van der Waals surface area contributed by atoms with Crippen LogP contribution in [0.1, 0.15) is 6.92 Å². The van der Waals surface area contributed by atoms with E-state index in [0.29, 0.717) is 6.61 Å². The van der Waals surface area contributed by atoms with E-state index in [1.165, 1.54) is 0 Å². The van der Waals surface area contributed by atoms with Crippen molar-refractivity contribution in [1.29, 1.82) is 0 Å². The lowest BCUT2D eigenvalue weighted by molar-refractivity contribution is 0.370. The molecule has 4 nitrogen and oxygen atoms in total. The number of ether oxygens (including phenoxy) is 2. The molecule has 1 saturated heterocycles. The molecule has 20 heavy (non-hydrogen) atoms. The summed E-state index contributed by atoms with van der Waals surface area (Å²) < 4.78 is 23.3. The maximum atomic E-state index is 6.43. The van der Waals surface area contributed by atoms with Crippen LogP contribution in [0.3, 0.4) is 0 Å². The van der Waals surface area contributed by atoms with Crippen molar-refractivity contribution in [3.05, 3.63) is 23.5 Å². The van der Waals surface area contributed by atoms with E-state index in [1.54, 1.807) is 12.5 Å². The van der Waals surface area contributed by atoms with Crippen LogP contribution < -0.4 is 0 Å². The lowest BCUT2D eigenvalue weighted by Crippen LogP contribution is -2.53. The van der Waals surface area contributed by atoms with Crippen molar-refractivity contribution in [3.8, 4) is 0 Å². The lowest BCUT2D eigenvalue weighted by atomic mass is 10.7. The number of hydrogen-bond acceptors (Lipinski definition) is 4. The van der Waals surface area contributed by atoms with Gasteiger partial charge in [0, 0.05) is 5.20 Å². The first-order chi connectivity index (χ1) is 8.91. The molecule has 1 aliphatic heterocycles. The van der Waals surface area contributed by atoms with E-state index in [2.05, 4.69) is 45.8 Å². The Labute approximate surface area is 126 Å². The third-order valence-electron chi connectivity index (χ3n) is 2.47. The van der Waals surface area contributed by atoms with Crippen molar-refractivity contribution < 1.29 is 17.7 Å². The Balaban J connectivity index is 2.86. The van der Waals surface area contributed by atoms with Crippen LogP contribution in [0.25, 0.3) is 0 Å². The zero-order valence-electron chi connectivity index (χ0n) is 14.0. The average Bonchev–Trinajstić information content (AvgIpc) is 2.94. The minimum Gasteiger partial charge on any atom is -0.483 e. The lowest BCUT2D eigenvalue weighted by Gasteiger charge is -2.38. The molecule has 0 radical (unpaired) electrons. The summed E-state index contributed by atoms with van der Waals surface area (Å²) in [6.45, 7) is 18.0. The Morgan fingerprint density at radius 3 is 1.80 bits per heavy atom. The Morgan fingerprint density at radius 2 is 1.45 bits per heavy atom. The van der Waals surface area contributed by atoms with Gasteiger partial charge in [-0.15, -0.1) is 0 Å². The van der Waals surface area contributed by atoms with Gasteiger partial charge in [0.25, 0.3) is 0 Å². The van der Waals surface area contributed by atoms with Crippen molar-refractivity contribution in [2.24, 2.45) is 0 Å². The van der Waals surface area contributed by atoms with Crippen LogP contribution in [-0.2, 0) is 17.7 Å². The van der Waals surface area contributed by atoms with E-state index < -0.39 is 25.2 Å². The van der Waals surface area contributed by atoms with E-state index in [4.69, 9.17) is 17.7 Å². The molecular formula is C13H28O4Si3. The SMILES string of the molecule is CC(=COC=C1CO1)[Si](C)(O[Si](C)(C)C)O[Si](C)(C)C. The zero-order chi connectivity index (χ0) is 15.6. The molecule has 0 amide bonds. The van der Waals surface area contributed by atoms with Crippen molar-refractivity contribution in [3.63, 3.8) is 0 Å².